The van der Waals surface area contributed by atoms with Crippen molar-refractivity contribution < 1.29 is 9.47 Å². The van der Waals surface area contributed by atoms with Gasteiger partial charge in [0, 0.05) is 68.7 Å². The fraction of sp³-hybridized carbons (Fsp3) is 0.388. The lowest BCUT2D eigenvalue weighted by Crippen LogP contribution is -2.19. The summed E-state index contributed by atoms with van der Waals surface area (Å²) in [6, 6.07) is 21.9. The molecule has 0 amide bonds. The molecule has 0 spiro atoms. The summed E-state index contributed by atoms with van der Waals surface area (Å²) in [7, 11) is 2.19. The number of aryl methyl sites for hydroxylation is 1. The van der Waals surface area contributed by atoms with Crippen LogP contribution < -0.4 is 19.7 Å². The van der Waals surface area contributed by atoms with Gasteiger partial charge in [-0.3, -0.25) is 0 Å². The number of hydrogen-bond acceptors (Lipinski definition) is 3. The molecule has 5 aromatic rings. The number of ether oxygens (including phenoxy) is 2. The van der Waals surface area contributed by atoms with E-state index in [4.69, 9.17) is 21.1 Å². The Morgan fingerprint density at radius 1 is 0.759 bits per heavy atom. The maximum Gasteiger partial charge on any atom is 0.127 e. The fourth-order valence-corrected chi connectivity index (χ4v) is 7.97. The van der Waals surface area contributed by atoms with Crippen LogP contribution in [0.25, 0.3) is 44.1 Å². The highest BCUT2D eigenvalue weighted by molar-refractivity contribution is 6.33. The summed E-state index contributed by atoms with van der Waals surface area (Å²) in [5.74, 6) is 1.91. The number of halogens is 1. The van der Waals surface area contributed by atoms with Crippen LogP contribution in [-0.4, -0.2) is 31.4 Å². The van der Waals surface area contributed by atoms with Crippen LogP contribution in [0.4, 0.5) is 5.69 Å². The molecule has 0 radical (unpaired) electrons. The highest BCUT2D eigenvalue weighted by Gasteiger charge is 2.19. The average Bonchev–Trinajstić information content (AvgIpc) is 3.70. The number of unbranched alkanes of at least 4 members (excludes halogenated alkanes) is 4. The molecule has 0 saturated heterocycles. The Bertz CT molecular complexity index is 2240. The number of hydrogen-bond donors (Lipinski definition) is 0. The number of benzene rings is 4. The molecule has 0 unspecified atom stereocenters. The number of fused-ring (bicyclic) bond motifs is 1. The van der Waals surface area contributed by atoms with E-state index in [0.717, 1.165) is 129 Å². The van der Waals surface area contributed by atoms with Gasteiger partial charge in [0.2, 0.25) is 0 Å². The van der Waals surface area contributed by atoms with Crippen molar-refractivity contribution in [1.29, 1.82) is 0 Å². The van der Waals surface area contributed by atoms with E-state index in [-0.39, 0.29) is 0 Å². The molecule has 54 heavy (non-hydrogen) atoms. The molecule has 0 fully saturated rings. The lowest BCUT2D eigenvalue weighted by molar-refractivity contribution is 0.313. The van der Waals surface area contributed by atoms with Crippen LogP contribution in [0.3, 0.4) is 0 Å². The molecule has 4 aromatic carbocycles. The predicted molar refractivity (Wildman–Crippen MR) is 235 cm³/mol. The SMILES string of the molecule is C=C(/C=C/C1=C(Cl)C(=C/C=c2\c3cccc4c(OCCCC)ccc(c43)n2CCCC)/CC1)c1cccc2c(OCCCC)ccc(N(C)CCCC)c12. The summed E-state index contributed by atoms with van der Waals surface area (Å²) in [5, 5.41) is 8.15. The van der Waals surface area contributed by atoms with Crippen molar-refractivity contribution in [3.8, 4) is 11.5 Å². The average molecular weight is 743 g/mol. The van der Waals surface area contributed by atoms with E-state index in [1.54, 1.807) is 0 Å². The molecule has 6 rings (SSSR count). The van der Waals surface area contributed by atoms with Crippen LogP contribution in [0.2, 0.25) is 0 Å². The third-order valence-corrected chi connectivity index (χ3v) is 11.3. The molecular weight excluding hydrogens is 684 g/mol. The molecule has 4 nitrogen and oxygen atoms in total. The molecule has 284 valence electrons. The van der Waals surface area contributed by atoms with Gasteiger partial charge in [-0.05, 0) is 91.1 Å². The topological polar surface area (TPSA) is 26.6 Å². The summed E-state index contributed by atoms with van der Waals surface area (Å²) < 4.78 is 15.1. The van der Waals surface area contributed by atoms with E-state index in [1.165, 1.54) is 43.7 Å². The van der Waals surface area contributed by atoms with Gasteiger partial charge in [-0.25, -0.2) is 0 Å². The van der Waals surface area contributed by atoms with Gasteiger partial charge in [-0.1, -0.05) is 126 Å². The quantitative estimate of drug-likeness (QED) is 0.0622. The summed E-state index contributed by atoms with van der Waals surface area (Å²) >= 11 is 7.17. The van der Waals surface area contributed by atoms with Crippen LogP contribution in [0.5, 0.6) is 11.5 Å². The lowest BCUT2D eigenvalue weighted by Gasteiger charge is -2.24. The normalized spacial score (nSPS) is 14.6. The smallest absolute Gasteiger partial charge is 0.127 e. The first-order valence-corrected chi connectivity index (χ1v) is 20.8. The maximum absolute atomic E-state index is 7.17. The van der Waals surface area contributed by atoms with Gasteiger partial charge < -0.3 is 18.9 Å². The Balaban J connectivity index is 1.33. The van der Waals surface area contributed by atoms with Crippen LogP contribution >= 0.6 is 11.6 Å². The number of allylic oxidation sites excluding steroid dienone is 7. The Labute approximate surface area is 328 Å². The molecule has 1 aliphatic carbocycles. The minimum absolute atomic E-state index is 0.718. The number of anilines is 1. The van der Waals surface area contributed by atoms with Gasteiger partial charge in [0.05, 0.1) is 13.2 Å². The van der Waals surface area contributed by atoms with Crippen LogP contribution in [-0.2, 0) is 6.54 Å². The first kappa shape index (κ1) is 39.3. The van der Waals surface area contributed by atoms with E-state index in [9.17, 15) is 0 Å². The van der Waals surface area contributed by atoms with Crippen molar-refractivity contribution in [2.45, 2.75) is 98.4 Å². The largest absolute Gasteiger partial charge is 0.493 e. The predicted octanol–water partition coefficient (Wildman–Crippen LogP) is 13.3. The van der Waals surface area contributed by atoms with Crippen LogP contribution in [0.1, 0.15) is 97.5 Å². The zero-order valence-electron chi connectivity index (χ0n) is 33.3. The van der Waals surface area contributed by atoms with Crippen molar-refractivity contribution in [3.63, 3.8) is 0 Å². The second-order valence-electron chi connectivity index (χ2n) is 14.7. The van der Waals surface area contributed by atoms with E-state index < -0.39 is 0 Å². The van der Waals surface area contributed by atoms with Crippen molar-refractivity contribution in [1.82, 2.24) is 4.57 Å². The number of rotatable bonds is 19. The Kier molecular flexibility index (Phi) is 13.6. The van der Waals surface area contributed by atoms with Gasteiger partial charge in [-0.15, -0.1) is 0 Å². The second-order valence-corrected chi connectivity index (χ2v) is 15.1. The lowest BCUT2D eigenvalue weighted by atomic mass is 9.96. The minimum Gasteiger partial charge on any atom is -0.493 e. The Hall–Kier alpha value is -4.41. The molecule has 0 atom stereocenters. The van der Waals surface area contributed by atoms with Crippen molar-refractivity contribution in [2.24, 2.45) is 0 Å². The van der Waals surface area contributed by atoms with E-state index in [1.807, 2.05) is 0 Å². The first-order chi connectivity index (χ1) is 26.4. The van der Waals surface area contributed by atoms with Crippen LogP contribution in [0, 0.1) is 0 Å². The Morgan fingerprint density at radius 2 is 1.41 bits per heavy atom. The van der Waals surface area contributed by atoms with E-state index in [0.29, 0.717) is 0 Å². The van der Waals surface area contributed by atoms with Crippen molar-refractivity contribution >= 4 is 61.4 Å². The van der Waals surface area contributed by atoms with Crippen molar-refractivity contribution in [3.05, 3.63) is 113 Å². The van der Waals surface area contributed by atoms with E-state index in [2.05, 4.69) is 136 Å². The molecule has 1 aliphatic rings. The highest BCUT2D eigenvalue weighted by Crippen LogP contribution is 2.40. The summed E-state index contributed by atoms with van der Waals surface area (Å²) in [6.45, 7) is 16.9. The minimum atomic E-state index is 0.718. The molecule has 0 aliphatic heterocycles. The van der Waals surface area contributed by atoms with E-state index >= 15 is 0 Å². The standard InChI is InChI=1S/C49H59ClN2O2/c1-7-11-31-51(6)43-27-29-45(53-33-13-9-3)40-19-15-17-38(47(40)43)35(5)21-22-36-23-24-37(49(36)50)25-26-42-39-18-16-20-41-46(54-34-14-10-4)30-28-44(48(39)41)52(42)32-12-8-2/h15-22,25-30H,5,7-14,23-24,31-34H2,1-4,6H3/b22-21+,37-25+,42-26+. The number of aromatic nitrogens is 1. The molecule has 5 heteroatoms. The van der Waals surface area contributed by atoms with Gasteiger partial charge in [0.1, 0.15) is 11.5 Å². The van der Waals surface area contributed by atoms with Gasteiger partial charge in [0.25, 0.3) is 0 Å². The molecule has 1 heterocycles. The van der Waals surface area contributed by atoms with Gasteiger partial charge in [0.15, 0.2) is 0 Å². The maximum atomic E-state index is 7.17. The third kappa shape index (κ3) is 8.45. The number of nitrogens with zero attached hydrogens (tertiary/aromatic N) is 2. The van der Waals surface area contributed by atoms with Crippen LogP contribution in [0.15, 0.2) is 102 Å². The molecule has 0 bridgehead atoms. The van der Waals surface area contributed by atoms with Crippen molar-refractivity contribution in [2.75, 3.05) is 31.7 Å². The first-order valence-electron chi connectivity index (χ1n) is 20.4. The molecule has 0 N–H and O–H groups in total. The zero-order chi connectivity index (χ0) is 38.0. The summed E-state index contributed by atoms with van der Waals surface area (Å²) in [4.78, 5) is 2.37. The second kappa shape index (κ2) is 18.8. The third-order valence-electron chi connectivity index (χ3n) is 10.8. The highest BCUT2D eigenvalue weighted by atomic mass is 35.5. The summed E-state index contributed by atoms with van der Waals surface area (Å²) in [6.07, 6.45) is 19.6. The van der Waals surface area contributed by atoms with Gasteiger partial charge >= 0.3 is 0 Å². The molecule has 0 saturated carbocycles. The fourth-order valence-electron chi connectivity index (χ4n) is 7.66. The molecule has 1 aromatic heterocycles. The zero-order valence-corrected chi connectivity index (χ0v) is 34.0. The monoisotopic (exact) mass is 742 g/mol. The Morgan fingerprint density at radius 3 is 2.11 bits per heavy atom. The molecular formula is C49H59ClN2O2. The summed E-state index contributed by atoms with van der Waals surface area (Å²) in [5.41, 5.74) is 6.90. The van der Waals surface area contributed by atoms with Gasteiger partial charge in [-0.2, -0.15) is 0 Å².